The molecule has 2 heterocycles. The van der Waals surface area contributed by atoms with Crippen molar-refractivity contribution in [2.24, 2.45) is 11.8 Å². The van der Waals surface area contributed by atoms with Gasteiger partial charge in [-0.25, -0.2) is 0 Å². The molecule has 2 aliphatic heterocycles. The van der Waals surface area contributed by atoms with Crippen molar-refractivity contribution in [3.05, 3.63) is 12.2 Å². The molecule has 0 spiro atoms. The second-order valence-electron chi connectivity index (χ2n) is 5.90. The van der Waals surface area contributed by atoms with E-state index in [0.717, 1.165) is 0 Å². The predicted octanol–water partition coefficient (Wildman–Crippen LogP) is 2.41. The van der Waals surface area contributed by atoms with Crippen molar-refractivity contribution in [2.45, 2.75) is 41.7 Å². The molecular formula is C12H20GeO2. The van der Waals surface area contributed by atoms with Gasteiger partial charge in [-0.2, -0.15) is 0 Å². The molecule has 2 unspecified atom stereocenters. The van der Waals surface area contributed by atoms with Crippen molar-refractivity contribution >= 4 is 19.0 Å². The number of carbonyl (C=O) groups is 1. The number of Topliss-reactive ketones (excluding diaryl/α,β-unsaturated/α-hetero) is 1. The zero-order valence-electron chi connectivity index (χ0n) is 10.2. The summed E-state index contributed by atoms with van der Waals surface area (Å²) in [5.74, 6) is 7.45. The third-order valence-corrected chi connectivity index (χ3v) is 10.5. The molecule has 0 aromatic rings. The maximum atomic E-state index is 12.1. The normalized spacial score (nSPS) is 44.9. The van der Waals surface area contributed by atoms with Crippen LogP contribution in [0.3, 0.4) is 0 Å². The fourth-order valence-electron chi connectivity index (χ4n) is 2.90. The second-order valence-corrected chi connectivity index (χ2v) is 17.0. The average molecular weight is 269 g/mol. The van der Waals surface area contributed by atoms with E-state index >= 15 is 0 Å². The number of carbonyl (C=O) groups excluding carboxylic acids is 1. The van der Waals surface area contributed by atoms with Gasteiger partial charge in [-0.15, -0.1) is 0 Å². The summed E-state index contributed by atoms with van der Waals surface area (Å²) < 4.78 is 6.00. The predicted molar refractivity (Wildman–Crippen MR) is 63.4 cm³/mol. The van der Waals surface area contributed by atoms with E-state index in [1.165, 1.54) is 0 Å². The van der Waals surface area contributed by atoms with Gasteiger partial charge >= 0.3 is 94.2 Å². The van der Waals surface area contributed by atoms with Crippen LogP contribution in [-0.2, 0) is 9.53 Å². The van der Waals surface area contributed by atoms with Crippen molar-refractivity contribution in [1.82, 2.24) is 0 Å². The molecule has 3 heteroatoms. The Kier molecular flexibility index (Phi) is 2.43. The van der Waals surface area contributed by atoms with Crippen LogP contribution < -0.4 is 0 Å². The molecule has 0 aliphatic carbocycles. The summed E-state index contributed by atoms with van der Waals surface area (Å²) >= 11 is -2.05. The van der Waals surface area contributed by atoms with Crippen LogP contribution in [0.2, 0.25) is 17.3 Å². The number of fused-ring (bicyclic) bond motifs is 2. The summed E-state index contributed by atoms with van der Waals surface area (Å²) in [4.78, 5) is 12.1. The van der Waals surface area contributed by atoms with Gasteiger partial charge in [-0.1, -0.05) is 0 Å². The Hall–Kier alpha value is -0.0871. The van der Waals surface area contributed by atoms with Crippen molar-refractivity contribution in [2.75, 3.05) is 0 Å². The Morgan fingerprint density at radius 3 is 2.47 bits per heavy atom. The number of hydrogen-bond donors (Lipinski definition) is 0. The first-order chi connectivity index (χ1) is 6.79. The van der Waals surface area contributed by atoms with Crippen LogP contribution in [0, 0.1) is 11.8 Å². The van der Waals surface area contributed by atoms with Crippen LogP contribution >= 0.6 is 0 Å². The molecule has 0 saturated carbocycles. The monoisotopic (exact) mass is 270 g/mol. The van der Waals surface area contributed by atoms with Gasteiger partial charge in [0.05, 0.1) is 0 Å². The molecule has 2 bridgehead atoms. The summed E-state index contributed by atoms with van der Waals surface area (Å²) in [6.07, 6.45) is 4.35. The summed E-state index contributed by atoms with van der Waals surface area (Å²) in [7, 11) is 0. The van der Waals surface area contributed by atoms with Gasteiger partial charge in [-0.05, 0) is 0 Å². The standard InChI is InChI=1S/C12H20GeO2/c1-8-10-6-7-12(15-10,13(3,4)5)9(2)11(8)14/h6-10H,1-5H3/t8?,9?,10-,12+/m0/s1. The maximum absolute atomic E-state index is 12.1. The van der Waals surface area contributed by atoms with Crippen LogP contribution in [0.15, 0.2) is 12.2 Å². The van der Waals surface area contributed by atoms with Gasteiger partial charge < -0.3 is 0 Å². The number of ketones is 1. The number of hydrogen-bond acceptors (Lipinski definition) is 2. The molecule has 0 amide bonds. The summed E-state index contributed by atoms with van der Waals surface area (Å²) in [5.41, 5.74) is 0. The number of ether oxygens (including phenoxy) is 1. The van der Waals surface area contributed by atoms with Gasteiger partial charge in [-0.3, -0.25) is 0 Å². The molecule has 2 aliphatic rings. The molecule has 4 atom stereocenters. The second kappa shape index (κ2) is 3.20. The number of rotatable bonds is 1. The SMILES string of the molecule is CC1C(=O)C(C)[C@@]2([Ge]([CH3])([CH3])[CH3])C=C[C@@H]1O2. The van der Waals surface area contributed by atoms with Crippen molar-refractivity contribution in [3.63, 3.8) is 0 Å². The Labute approximate surface area is 94.4 Å². The van der Waals surface area contributed by atoms with E-state index in [-0.39, 0.29) is 22.4 Å². The molecule has 0 aromatic carbocycles. The fourth-order valence-corrected chi connectivity index (χ4v) is 8.20. The zero-order chi connectivity index (χ0) is 11.4. The first kappa shape index (κ1) is 11.4. The van der Waals surface area contributed by atoms with Gasteiger partial charge in [0.1, 0.15) is 0 Å². The minimum atomic E-state index is -2.05. The molecule has 84 valence electrons. The molecule has 2 rings (SSSR count). The Morgan fingerprint density at radius 1 is 1.33 bits per heavy atom. The summed E-state index contributed by atoms with van der Waals surface area (Å²) in [5, 5.41) is 0. The molecule has 0 N–H and O–H groups in total. The van der Waals surface area contributed by atoms with Crippen LogP contribution in [0.1, 0.15) is 13.8 Å². The van der Waals surface area contributed by atoms with Crippen molar-refractivity contribution < 1.29 is 9.53 Å². The average Bonchev–Trinajstić information content (AvgIpc) is 2.54. The molecule has 0 radical (unpaired) electrons. The third-order valence-electron chi connectivity index (χ3n) is 4.05. The summed E-state index contributed by atoms with van der Waals surface area (Å²) in [6, 6.07) is 0. The van der Waals surface area contributed by atoms with Crippen LogP contribution in [-0.4, -0.2) is 29.6 Å². The first-order valence-electron chi connectivity index (χ1n) is 5.70. The van der Waals surface area contributed by atoms with E-state index in [9.17, 15) is 4.79 Å². The van der Waals surface area contributed by atoms with Crippen molar-refractivity contribution in [3.8, 4) is 0 Å². The Morgan fingerprint density at radius 2 is 1.93 bits per heavy atom. The van der Waals surface area contributed by atoms with E-state index in [0.29, 0.717) is 5.78 Å². The summed E-state index contributed by atoms with van der Waals surface area (Å²) in [6.45, 7) is 4.03. The van der Waals surface area contributed by atoms with E-state index in [4.69, 9.17) is 4.74 Å². The van der Waals surface area contributed by atoms with Gasteiger partial charge in [0.2, 0.25) is 0 Å². The third kappa shape index (κ3) is 1.37. The Bertz CT molecular complexity index is 329. The van der Waals surface area contributed by atoms with E-state index in [2.05, 4.69) is 29.4 Å². The van der Waals surface area contributed by atoms with E-state index < -0.39 is 13.3 Å². The van der Waals surface area contributed by atoms with Crippen LogP contribution in [0.5, 0.6) is 0 Å². The fraction of sp³-hybridized carbons (Fsp3) is 0.750. The molecule has 2 nitrogen and oxygen atoms in total. The van der Waals surface area contributed by atoms with Crippen molar-refractivity contribution in [1.29, 1.82) is 0 Å². The van der Waals surface area contributed by atoms with E-state index in [1.54, 1.807) is 0 Å². The van der Waals surface area contributed by atoms with Gasteiger partial charge in [0.15, 0.2) is 0 Å². The van der Waals surface area contributed by atoms with Gasteiger partial charge in [0, 0.05) is 0 Å². The van der Waals surface area contributed by atoms with Crippen LogP contribution in [0.25, 0.3) is 0 Å². The molecule has 1 saturated heterocycles. The molecule has 15 heavy (non-hydrogen) atoms. The zero-order valence-corrected chi connectivity index (χ0v) is 12.3. The van der Waals surface area contributed by atoms with E-state index in [1.807, 2.05) is 13.8 Å². The first-order valence-corrected chi connectivity index (χ1v) is 13.0. The molecular weight excluding hydrogens is 249 g/mol. The van der Waals surface area contributed by atoms with Crippen LogP contribution in [0.4, 0.5) is 0 Å². The van der Waals surface area contributed by atoms with Gasteiger partial charge in [0.25, 0.3) is 0 Å². The molecule has 0 aromatic heterocycles. The Balaban J connectivity index is 2.45. The quantitative estimate of drug-likeness (QED) is 0.539. The topological polar surface area (TPSA) is 26.3 Å². The molecule has 1 fully saturated rings. The minimum absolute atomic E-state index is 0.0385.